The summed E-state index contributed by atoms with van der Waals surface area (Å²) in [5.74, 6) is -1.35. The standard InChI is InChI=1S/C19H20ClFN2O3S/c20-14-5-10-17(18(21)13-14)19(24)22-15-6-8-16(9-7-15)27(25,26)23-11-3-1-2-4-12-23/h5-10,13H,1-4,11-12H2,(H,22,24). The van der Waals surface area contributed by atoms with E-state index in [9.17, 15) is 17.6 Å². The van der Waals surface area contributed by atoms with Crippen molar-refractivity contribution in [1.29, 1.82) is 0 Å². The van der Waals surface area contributed by atoms with E-state index in [1.807, 2.05) is 0 Å². The van der Waals surface area contributed by atoms with Crippen molar-refractivity contribution in [1.82, 2.24) is 4.31 Å². The van der Waals surface area contributed by atoms with Crippen LogP contribution < -0.4 is 5.32 Å². The van der Waals surface area contributed by atoms with E-state index in [1.165, 1.54) is 40.7 Å². The molecule has 0 spiro atoms. The maximum absolute atomic E-state index is 13.8. The Morgan fingerprint density at radius 2 is 1.63 bits per heavy atom. The molecule has 27 heavy (non-hydrogen) atoms. The summed E-state index contributed by atoms with van der Waals surface area (Å²) in [7, 11) is -3.55. The quantitative estimate of drug-likeness (QED) is 0.817. The molecule has 0 aliphatic carbocycles. The molecule has 1 saturated heterocycles. The minimum Gasteiger partial charge on any atom is -0.322 e. The van der Waals surface area contributed by atoms with Gasteiger partial charge in [0, 0.05) is 23.8 Å². The molecule has 1 N–H and O–H groups in total. The van der Waals surface area contributed by atoms with E-state index in [0.29, 0.717) is 18.8 Å². The van der Waals surface area contributed by atoms with Crippen LogP contribution in [-0.4, -0.2) is 31.7 Å². The minimum atomic E-state index is -3.55. The number of sulfonamides is 1. The highest BCUT2D eigenvalue weighted by molar-refractivity contribution is 7.89. The topological polar surface area (TPSA) is 66.5 Å². The van der Waals surface area contributed by atoms with Gasteiger partial charge in [0.2, 0.25) is 10.0 Å². The third-order valence-corrected chi connectivity index (χ3v) is 6.64. The summed E-state index contributed by atoms with van der Waals surface area (Å²) in [4.78, 5) is 12.4. The van der Waals surface area contributed by atoms with E-state index in [0.717, 1.165) is 31.7 Å². The number of rotatable bonds is 4. The molecule has 144 valence electrons. The highest BCUT2D eigenvalue weighted by Crippen LogP contribution is 2.22. The van der Waals surface area contributed by atoms with Crippen molar-refractivity contribution in [2.75, 3.05) is 18.4 Å². The number of nitrogens with zero attached hydrogens (tertiary/aromatic N) is 1. The number of hydrogen-bond donors (Lipinski definition) is 1. The maximum Gasteiger partial charge on any atom is 0.258 e. The molecule has 1 amide bonds. The third-order valence-electron chi connectivity index (χ3n) is 4.49. The average Bonchev–Trinajstić information content (AvgIpc) is 2.92. The zero-order valence-electron chi connectivity index (χ0n) is 14.6. The number of carbonyl (C=O) groups excluding carboxylic acids is 1. The Morgan fingerprint density at radius 1 is 1.00 bits per heavy atom. The normalized spacial score (nSPS) is 15.9. The SMILES string of the molecule is O=C(Nc1ccc(S(=O)(=O)N2CCCCCC2)cc1)c1ccc(Cl)cc1F. The van der Waals surface area contributed by atoms with Crippen LogP contribution in [0.15, 0.2) is 47.4 Å². The molecule has 0 bridgehead atoms. The van der Waals surface area contributed by atoms with Crippen LogP contribution in [0.25, 0.3) is 0 Å². The van der Waals surface area contributed by atoms with Crippen molar-refractivity contribution in [3.63, 3.8) is 0 Å². The lowest BCUT2D eigenvalue weighted by Gasteiger charge is -2.20. The van der Waals surface area contributed by atoms with E-state index in [-0.39, 0.29) is 15.5 Å². The first-order valence-corrected chi connectivity index (χ1v) is 10.6. The van der Waals surface area contributed by atoms with Gasteiger partial charge < -0.3 is 5.32 Å². The molecular weight excluding hydrogens is 391 g/mol. The fourth-order valence-electron chi connectivity index (χ4n) is 3.01. The highest BCUT2D eigenvalue weighted by atomic mass is 35.5. The Balaban J connectivity index is 1.74. The predicted octanol–water partition coefficient (Wildman–Crippen LogP) is 4.30. The molecule has 3 rings (SSSR count). The molecule has 0 atom stereocenters. The van der Waals surface area contributed by atoms with Gasteiger partial charge in [-0.2, -0.15) is 4.31 Å². The number of nitrogens with one attached hydrogen (secondary N) is 1. The van der Waals surface area contributed by atoms with Crippen molar-refractivity contribution in [2.45, 2.75) is 30.6 Å². The summed E-state index contributed by atoms with van der Waals surface area (Å²) in [6, 6.07) is 9.68. The molecule has 1 fully saturated rings. The van der Waals surface area contributed by atoms with Crippen LogP contribution in [0.1, 0.15) is 36.0 Å². The predicted molar refractivity (Wildman–Crippen MR) is 103 cm³/mol. The molecule has 0 aromatic heterocycles. The molecule has 1 aliphatic rings. The first kappa shape index (κ1) is 19.8. The van der Waals surface area contributed by atoms with Crippen LogP contribution in [0, 0.1) is 5.82 Å². The number of amides is 1. The van der Waals surface area contributed by atoms with Crippen LogP contribution >= 0.6 is 11.6 Å². The molecular formula is C19H20ClFN2O3S. The molecule has 0 radical (unpaired) electrons. The van der Waals surface area contributed by atoms with Gasteiger partial charge in [-0.05, 0) is 55.3 Å². The van der Waals surface area contributed by atoms with Crippen LogP contribution in [-0.2, 0) is 10.0 Å². The molecule has 1 heterocycles. The number of benzene rings is 2. The first-order valence-electron chi connectivity index (χ1n) is 8.74. The lowest BCUT2D eigenvalue weighted by molar-refractivity contribution is 0.102. The number of anilines is 1. The fourth-order valence-corrected chi connectivity index (χ4v) is 4.69. The average molecular weight is 411 g/mol. The Hall–Kier alpha value is -1.96. The van der Waals surface area contributed by atoms with Crippen LogP contribution in [0.2, 0.25) is 5.02 Å². The van der Waals surface area contributed by atoms with E-state index in [4.69, 9.17) is 11.6 Å². The summed E-state index contributed by atoms with van der Waals surface area (Å²) < 4.78 is 40.8. The molecule has 5 nitrogen and oxygen atoms in total. The maximum atomic E-state index is 13.8. The van der Waals surface area contributed by atoms with Crippen molar-refractivity contribution in [3.05, 3.63) is 58.9 Å². The zero-order chi connectivity index (χ0) is 19.4. The Morgan fingerprint density at radius 3 is 2.22 bits per heavy atom. The second kappa shape index (κ2) is 8.37. The molecule has 0 saturated carbocycles. The van der Waals surface area contributed by atoms with E-state index in [1.54, 1.807) is 0 Å². The van der Waals surface area contributed by atoms with Gasteiger partial charge >= 0.3 is 0 Å². The van der Waals surface area contributed by atoms with Crippen LogP contribution in [0.4, 0.5) is 10.1 Å². The van der Waals surface area contributed by atoms with Crippen LogP contribution in [0.3, 0.4) is 0 Å². The first-order chi connectivity index (χ1) is 12.9. The molecule has 0 unspecified atom stereocenters. The fraction of sp³-hybridized carbons (Fsp3) is 0.316. The smallest absolute Gasteiger partial charge is 0.258 e. The van der Waals surface area contributed by atoms with Gasteiger partial charge in [-0.1, -0.05) is 24.4 Å². The van der Waals surface area contributed by atoms with Gasteiger partial charge in [-0.25, -0.2) is 12.8 Å². The van der Waals surface area contributed by atoms with Gasteiger partial charge in [-0.3, -0.25) is 4.79 Å². The summed E-state index contributed by atoms with van der Waals surface area (Å²) in [6.07, 6.45) is 3.80. The third kappa shape index (κ3) is 4.66. The highest BCUT2D eigenvalue weighted by Gasteiger charge is 2.25. The second-order valence-corrected chi connectivity index (χ2v) is 8.80. The van der Waals surface area contributed by atoms with Gasteiger partial charge in [0.15, 0.2) is 0 Å². The zero-order valence-corrected chi connectivity index (χ0v) is 16.2. The van der Waals surface area contributed by atoms with E-state index >= 15 is 0 Å². The Labute approximate surface area is 163 Å². The second-order valence-electron chi connectivity index (χ2n) is 6.42. The number of halogens is 2. The molecule has 8 heteroatoms. The van der Waals surface area contributed by atoms with E-state index < -0.39 is 21.7 Å². The summed E-state index contributed by atoms with van der Waals surface area (Å²) in [5.41, 5.74) is 0.241. The van der Waals surface area contributed by atoms with Gasteiger partial charge in [0.05, 0.1) is 10.5 Å². The number of carbonyl (C=O) groups is 1. The van der Waals surface area contributed by atoms with Gasteiger partial charge in [-0.15, -0.1) is 0 Å². The Bertz CT molecular complexity index is 924. The summed E-state index contributed by atoms with van der Waals surface area (Å²) in [5, 5.41) is 2.76. The van der Waals surface area contributed by atoms with Crippen LogP contribution in [0.5, 0.6) is 0 Å². The largest absolute Gasteiger partial charge is 0.322 e. The summed E-state index contributed by atoms with van der Waals surface area (Å²) >= 11 is 5.68. The molecule has 1 aliphatic heterocycles. The monoisotopic (exact) mass is 410 g/mol. The number of hydrogen-bond acceptors (Lipinski definition) is 3. The van der Waals surface area contributed by atoms with Gasteiger partial charge in [0.25, 0.3) is 5.91 Å². The molecule has 2 aromatic carbocycles. The lowest BCUT2D eigenvalue weighted by atomic mass is 10.2. The van der Waals surface area contributed by atoms with Crippen molar-refractivity contribution >= 4 is 33.2 Å². The van der Waals surface area contributed by atoms with Crippen molar-refractivity contribution < 1.29 is 17.6 Å². The van der Waals surface area contributed by atoms with Gasteiger partial charge in [0.1, 0.15) is 5.82 Å². The minimum absolute atomic E-state index is 0.138. The molecule has 2 aromatic rings. The van der Waals surface area contributed by atoms with Crippen molar-refractivity contribution in [2.24, 2.45) is 0 Å². The lowest BCUT2D eigenvalue weighted by Crippen LogP contribution is -2.31. The van der Waals surface area contributed by atoms with E-state index in [2.05, 4.69) is 5.32 Å². The summed E-state index contributed by atoms with van der Waals surface area (Å²) in [6.45, 7) is 1.05. The Kier molecular flexibility index (Phi) is 6.14. The van der Waals surface area contributed by atoms with Crippen molar-refractivity contribution in [3.8, 4) is 0 Å².